The van der Waals surface area contributed by atoms with Gasteiger partial charge in [0.2, 0.25) is 0 Å². The summed E-state index contributed by atoms with van der Waals surface area (Å²) in [6.07, 6.45) is 1.55. The maximum Gasteiger partial charge on any atom is 0.133 e. The monoisotopic (exact) mass is 196 g/mol. The van der Waals surface area contributed by atoms with Gasteiger partial charge in [0.05, 0.1) is 6.61 Å². The first-order valence-electron chi connectivity index (χ1n) is 4.47. The molecule has 0 radical (unpaired) electrons. The normalized spacial score (nSPS) is 9.93. The Labute approximate surface area is 84.1 Å². The van der Waals surface area contributed by atoms with Crippen LogP contribution in [-0.2, 0) is 4.74 Å². The van der Waals surface area contributed by atoms with Gasteiger partial charge in [0.15, 0.2) is 0 Å². The van der Waals surface area contributed by atoms with Crippen molar-refractivity contribution in [1.82, 2.24) is 9.97 Å². The van der Waals surface area contributed by atoms with Gasteiger partial charge in [0.25, 0.3) is 0 Å². The van der Waals surface area contributed by atoms with Crippen molar-refractivity contribution in [2.24, 2.45) is 0 Å². The molecule has 14 heavy (non-hydrogen) atoms. The highest BCUT2D eigenvalue weighted by Gasteiger charge is 2.02. The molecular formula is C9H16N4O. The maximum atomic E-state index is 4.99. The second-order valence-corrected chi connectivity index (χ2v) is 2.93. The fourth-order valence-electron chi connectivity index (χ4n) is 1.04. The lowest BCUT2D eigenvalue weighted by atomic mass is 10.4. The Morgan fingerprint density at radius 1 is 1.50 bits per heavy atom. The number of aromatic nitrogens is 2. The highest BCUT2D eigenvalue weighted by atomic mass is 16.5. The Hall–Kier alpha value is -1.36. The fraction of sp³-hybridized carbons (Fsp3) is 0.556. The maximum absolute atomic E-state index is 4.99. The summed E-state index contributed by atoms with van der Waals surface area (Å²) in [6, 6.07) is 1.90. The summed E-state index contributed by atoms with van der Waals surface area (Å²) in [4.78, 5) is 10.2. The number of likely N-dealkylation sites (N-methyl/N-ethyl adjacent to an activating group) is 1. The van der Waals surface area contributed by atoms with Crippen LogP contribution < -0.4 is 10.2 Å². The average Bonchev–Trinajstić information content (AvgIpc) is 2.26. The van der Waals surface area contributed by atoms with Crippen LogP contribution in [0.2, 0.25) is 0 Å². The highest BCUT2D eigenvalue weighted by molar-refractivity contribution is 5.47. The molecule has 1 heterocycles. The van der Waals surface area contributed by atoms with Crippen molar-refractivity contribution < 1.29 is 4.74 Å². The van der Waals surface area contributed by atoms with Gasteiger partial charge in [0.1, 0.15) is 18.0 Å². The van der Waals surface area contributed by atoms with Gasteiger partial charge >= 0.3 is 0 Å². The third-order valence-corrected chi connectivity index (χ3v) is 1.93. The molecule has 0 aliphatic carbocycles. The second kappa shape index (κ2) is 5.39. The molecule has 0 saturated carbocycles. The molecule has 0 spiro atoms. The Bertz CT molecular complexity index is 279. The molecule has 0 amide bonds. The van der Waals surface area contributed by atoms with Gasteiger partial charge < -0.3 is 15.0 Å². The van der Waals surface area contributed by atoms with Gasteiger partial charge in [-0.1, -0.05) is 0 Å². The minimum absolute atomic E-state index is 0.690. The number of nitrogens with one attached hydrogen (secondary N) is 1. The van der Waals surface area contributed by atoms with Crippen molar-refractivity contribution in [2.75, 3.05) is 44.6 Å². The smallest absolute Gasteiger partial charge is 0.133 e. The van der Waals surface area contributed by atoms with Crippen molar-refractivity contribution in [3.8, 4) is 0 Å². The van der Waals surface area contributed by atoms with E-state index in [1.807, 2.05) is 25.1 Å². The van der Waals surface area contributed by atoms with Crippen LogP contribution in [0.4, 0.5) is 11.6 Å². The molecule has 5 nitrogen and oxygen atoms in total. The SMILES string of the molecule is CNc1cc(N(C)CCOC)ncn1. The lowest BCUT2D eigenvalue weighted by molar-refractivity contribution is 0.206. The van der Waals surface area contributed by atoms with Crippen LogP contribution in [0, 0.1) is 0 Å². The standard InChI is InChI=1S/C9H16N4O/c1-10-8-6-9(12-7-11-8)13(2)4-5-14-3/h6-7H,4-5H2,1-3H3,(H,10,11,12). The minimum Gasteiger partial charge on any atom is -0.383 e. The Morgan fingerprint density at radius 3 is 2.93 bits per heavy atom. The molecule has 1 N–H and O–H groups in total. The number of hydrogen-bond donors (Lipinski definition) is 1. The minimum atomic E-state index is 0.690. The predicted octanol–water partition coefficient (Wildman–Crippen LogP) is 0.601. The molecule has 0 bridgehead atoms. The average molecular weight is 196 g/mol. The van der Waals surface area contributed by atoms with E-state index in [9.17, 15) is 0 Å². The zero-order valence-corrected chi connectivity index (χ0v) is 8.82. The number of rotatable bonds is 5. The third-order valence-electron chi connectivity index (χ3n) is 1.93. The van der Waals surface area contributed by atoms with Gasteiger partial charge in [-0.05, 0) is 0 Å². The number of nitrogens with zero attached hydrogens (tertiary/aromatic N) is 3. The van der Waals surface area contributed by atoms with Crippen LogP contribution in [0.15, 0.2) is 12.4 Å². The second-order valence-electron chi connectivity index (χ2n) is 2.93. The molecule has 0 aliphatic heterocycles. The van der Waals surface area contributed by atoms with E-state index in [-0.39, 0.29) is 0 Å². The molecular weight excluding hydrogens is 180 g/mol. The van der Waals surface area contributed by atoms with Gasteiger partial charge in [-0.25, -0.2) is 9.97 Å². The molecule has 1 aromatic rings. The van der Waals surface area contributed by atoms with Crippen LogP contribution in [0.25, 0.3) is 0 Å². The zero-order chi connectivity index (χ0) is 10.4. The van der Waals surface area contributed by atoms with E-state index in [1.165, 1.54) is 0 Å². The van der Waals surface area contributed by atoms with E-state index in [0.717, 1.165) is 18.2 Å². The molecule has 0 unspecified atom stereocenters. The quantitative estimate of drug-likeness (QED) is 0.747. The summed E-state index contributed by atoms with van der Waals surface area (Å²) in [5, 5.41) is 2.97. The first-order valence-corrected chi connectivity index (χ1v) is 4.47. The summed E-state index contributed by atoms with van der Waals surface area (Å²) in [5.41, 5.74) is 0. The number of hydrogen-bond acceptors (Lipinski definition) is 5. The number of methoxy groups -OCH3 is 1. The lowest BCUT2D eigenvalue weighted by Crippen LogP contribution is -2.23. The lowest BCUT2D eigenvalue weighted by Gasteiger charge is -2.17. The molecule has 1 aromatic heterocycles. The van der Waals surface area contributed by atoms with Crippen molar-refractivity contribution in [3.63, 3.8) is 0 Å². The van der Waals surface area contributed by atoms with Crippen molar-refractivity contribution in [2.45, 2.75) is 0 Å². The van der Waals surface area contributed by atoms with Gasteiger partial charge in [0, 0.05) is 33.8 Å². The topological polar surface area (TPSA) is 50.3 Å². The molecule has 0 aromatic carbocycles. The number of ether oxygens (including phenoxy) is 1. The predicted molar refractivity (Wildman–Crippen MR) is 56.7 cm³/mol. The van der Waals surface area contributed by atoms with E-state index in [2.05, 4.69) is 15.3 Å². The molecule has 5 heteroatoms. The van der Waals surface area contributed by atoms with E-state index in [0.29, 0.717) is 6.61 Å². The third kappa shape index (κ3) is 2.85. The molecule has 0 fully saturated rings. The molecule has 0 aliphatic rings. The van der Waals surface area contributed by atoms with Gasteiger partial charge in [-0.3, -0.25) is 0 Å². The Morgan fingerprint density at radius 2 is 2.29 bits per heavy atom. The Balaban J connectivity index is 2.64. The Kier molecular flexibility index (Phi) is 4.12. The van der Waals surface area contributed by atoms with Crippen LogP contribution >= 0.6 is 0 Å². The first-order chi connectivity index (χ1) is 6.77. The van der Waals surface area contributed by atoms with E-state index >= 15 is 0 Å². The van der Waals surface area contributed by atoms with E-state index in [1.54, 1.807) is 13.4 Å². The summed E-state index contributed by atoms with van der Waals surface area (Å²) < 4.78 is 4.99. The van der Waals surface area contributed by atoms with E-state index in [4.69, 9.17) is 4.74 Å². The largest absolute Gasteiger partial charge is 0.383 e. The molecule has 1 rings (SSSR count). The molecule has 0 saturated heterocycles. The fourth-order valence-corrected chi connectivity index (χ4v) is 1.04. The molecule has 78 valence electrons. The molecule has 0 atom stereocenters. The number of anilines is 2. The van der Waals surface area contributed by atoms with Crippen molar-refractivity contribution >= 4 is 11.6 Å². The summed E-state index contributed by atoms with van der Waals surface area (Å²) >= 11 is 0. The highest BCUT2D eigenvalue weighted by Crippen LogP contribution is 2.11. The van der Waals surface area contributed by atoms with Crippen LogP contribution in [-0.4, -0.2) is 44.3 Å². The van der Waals surface area contributed by atoms with Gasteiger partial charge in [-0.2, -0.15) is 0 Å². The van der Waals surface area contributed by atoms with Crippen LogP contribution in [0.1, 0.15) is 0 Å². The zero-order valence-electron chi connectivity index (χ0n) is 8.82. The van der Waals surface area contributed by atoms with Crippen molar-refractivity contribution in [1.29, 1.82) is 0 Å². The van der Waals surface area contributed by atoms with Crippen LogP contribution in [0.3, 0.4) is 0 Å². The summed E-state index contributed by atoms with van der Waals surface area (Å²) in [5.74, 6) is 1.71. The first kappa shape index (κ1) is 10.7. The van der Waals surface area contributed by atoms with Gasteiger partial charge in [-0.15, -0.1) is 0 Å². The van der Waals surface area contributed by atoms with Crippen LogP contribution in [0.5, 0.6) is 0 Å². The summed E-state index contributed by atoms with van der Waals surface area (Å²) in [7, 11) is 5.49. The van der Waals surface area contributed by atoms with E-state index < -0.39 is 0 Å². The van der Waals surface area contributed by atoms with Crippen molar-refractivity contribution in [3.05, 3.63) is 12.4 Å². The summed E-state index contributed by atoms with van der Waals surface area (Å²) in [6.45, 7) is 1.51.